The normalized spacial score (nSPS) is 9.80. The number of nitrogens with one attached hydrogen (secondary N) is 2. The Bertz CT molecular complexity index is 487. The molecular formula is C12H13ClN2O5. The molecule has 0 fully saturated rings. The Morgan fingerprint density at radius 1 is 1.05 bits per heavy atom. The van der Waals surface area contributed by atoms with Gasteiger partial charge in [-0.15, -0.1) is 0 Å². The first-order valence-electron chi connectivity index (χ1n) is 5.46. The molecule has 0 spiro atoms. The number of anilines is 1. The molecule has 0 aliphatic rings. The molecule has 0 saturated carbocycles. The molecule has 0 radical (unpaired) electrons. The first kappa shape index (κ1) is 15.8. The SMILES string of the molecule is COC(=O)C(NC(=O)Nc1ccc(Cl)cc1)C(=O)OC. The molecule has 2 N–H and O–H groups in total. The van der Waals surface area contributed by atoms with E-state index in [2.05, 4.69) is 20.1 Å². The number of methoxy groups -OCH3 is 2. The summed E-state index contributed by atoms with van der Waals surface area (Å²) in [6.45, 7) is 0. The monoisotopic (exact) mass is 300 g/mol. The smallest absolute Gasteiger partial charge is 0.340 e. The number of rotatable bonds is 4. The van der Waals surface area contributed by atoms with E-state index < -0.39 is 24.0 Å². The molecule has 8 heteroatoms. The minimum absolute atomic E-state index is 0.445. The third-order valence-electron chi connectivity index (χ3n) is 2.25. The Hall–Kier alpha value is -2.28. The van der Waals surface area contributed by atoms with Crippen LogP contribution in [0.4, 0.5) is 10.5 Å². The van der Waals surface area contributed by atoms with Gasteiger partial charge in [-0.3, -0.25) is 0 Å². The second-order valence-corrected chi connectivity index (χ2v) is 4.02. The Morgan fingerprint density at radius 2 is 1.55 bits per heavy atom. The van der Waals surface area contributed by atoms with E-state index in [-0.39, 0.29) is 0 Å². The molecule has 0 unspecified atom stereocenters. The van der Waals surface area contributed by atoms with Crippen molar-refractivity contribution in [1.29, 1.82) is 0 Å². The summed E-state index contributed by atoms with van der Waals surface area (Å²) < 4.78 is 8.80. The Labute approximate surface area is 120 Å². The van der Waals surface area contributed by atoms with Crippen LogP contribution in [0.5, 0.6) is 0 Å². The first-order valence-corrected chi connectivity index (χ1v) is 5.84. The number of urea groups is 1. The van der Waals surface area contributed by atoms with Crippen LogP contribution in [-0.2, 0) is 19.1 Å². The lowest BCUT2D eigenvalue weighted by molar-refractivity contribution is -0.154. The molecule has 0 aromatic heterocycles. The molecule has 0 atom stereocenters. The van der Waals surface area contributed by atoms with Crippen molar-refractivity contribution in [2.24, 2.45) is 0 Å². The van der Waals surface area contributed by atoms with E-state index in [1.807, 2.05) is 0 Å². The predicted molar refractivity (Wildman–Crippen MR) is 71.4 cm³/mol. The summed E-state index contributed by atoms with van der Waals surface area (Å²) in [6, 6.07) is 4.00. The van der Waals surface area contributed by atoms with Gasteiger partial charge in [0.2, 0.25) is 6.04 Å². The fraction of sp³-hybridized carbons (Fsp3) is 0.250. The van der Waals surface area contributed by atoms with Gasteiger partial charge in [0.25, 0.3) is 0 Å². The van der Waals surface area contributed by atoms with Crippen LogP contribution in [0.1, 0.15) is 0 Å². The minimum atomic E-state index is -1.53. The van der Waals surface area contributed by atoms with Crippen LogP contribution in [0.25, 0.3) is 0 Å². The molecule has 7 nitrogen and oxygen atoms in total. The number of amides is 2. The van der Waals surface area contributed by atoms with Crippen molar-refractivity contribution in [1.82, 2.24) is 5.32 Å². The van der Waals surface area contributed by atoms with Crippen molar-refractivity contribution in [2.45, 2.75) is 6.04 Å². The van der Waals surface area contributed by atoms with Crippen LogP contribution in [0.15, 0.2) is 24.3 Å². The van der Waals surface area contributed by atoms with Crippen molar-refractivity contribution in [3.8, 4) is 0 Å². The molecule has 1 rings (SSSR count). The summed E-state index contributed by atoms with van der Waals surface area (Å²) in [5, 5.41) is 5.09. The zero-order valence-electron chi connectivity index (χ0n) is 10.8. The maximum Gasteiger partial charge on any atom is 0.340 e. The number of benzene rings is 1. The van der Waals surface area contributed by atoms with Gasteiger partial charge in [-0.1, -0.05) is 11.6 Å². The average Bonchev–Trinajstić information content (AvgIpc) is 2.45. The van der Waals surface area contributed by atoms with Gasteiger partial charge in [-0.2, -0.15) is 0 Å². The third-order valence-corrected chi connectivity index (χ3v) is 2.50. The number of carbonyl (C=O) groups excluding carboxylic acids is 3. The number of esters is 2. The van der Waals surface area contributed by atoms with Gasteiger partial charge in [0.05, 0.1) is 14.2 Å². The molecule has 0 heterocycles. The number of ether oxygens (including phenoxy) is 2. The van der Waals surface area contributed by atoms with Gasteiger partial charge in [-0.25, -0.2) is 14.4 Å². The molecule has 0 saturated heterocycles. The van der Waals surface area contributed by atoms with Gasteiger partial charge < -0.3 is 20.1 Å². The van der Waals surface area contributed by atoms with Gasteiger partial charge in [-0.05, 0) is 24.3 Å². The summed E-state index contributed by atoms with van der Waals surface area (Å²) >= 11 is 5.70. The molecule has 1 aromatic rings. The summed E-state index contributed by atoms with van der Waals surface area (Å²) in [7, 11) is 2.19. The van der Waals surface area contributed by atoms with E-state index in [1.54, 1.807) is 24.3 Å². The van der Waals surface area contributed by atoms with E-state index >= 15 is 0 Å². The number of carbonyl (C=O) groups is 3. The molecule has 1 aromatic carbocycles. The highest BCUT2D eigenvalue weighted by atomic mass is 35.5. The van der Waals surface area contributed by atoms with Crippen molar-refractivity contribution >= 4 is 35.3 Å². The Morgan fingerprint density at radius 3 is 2.00 bits per heavy atom. The highest BCUT2D eigenvalue weighted by Crippen LogP contribution is 2.13. The second kappa shape index (κ2) is 7.34. The molecule has 0 aliphatic heterocycles. The number of hydrogen-bond acceptors (Lipinski definition) is 5. The molecule has 2 amide bonds. The van der Waals surface area contributed by atoms with Crippen LogP contribution < -0.4 is 10.6 Å². The van der Waals surface area contributed by atoms with Gasteiger partial charge >= 0.3 is 18.0 Å². The van der Waals surface area contributed by atoms with Crippen molar-refractivity contribution in [3.63, 3.8) is 0 Å². The van der Waals surface area contributed by atoms with E-state index in [9.17, 15) is 14.4 Å². The summed E-state index contributed by atoms with van der Waals surface area (Å²) in [4.78, 5) is 34.4. The molecule has 108 valence electrons. The lowest BCUT2D eigenvalue weighted by Crippen LogP contribution is -2.49. The molecule has 0 bridgehead atoms. The van der Waals surface area contributed by atoms with Crippen LogP contribution in [0.3, 0.4) is 0 Å². The van der Waals surface area contributed by atoms with Crippen LogP contribution in [-0.4, -0.2) is 38.2 Å². The van der Waals surface area contributed by atoms with Crippen molar-refractivity contribution in [2.75, 3.05) is 19.5 Å². The first-order chi connectivity index (χ1) is 9.47. The fourth-order valence-corrected chi connectivity index (χ4v) is 1.41. The van der Waals surface area contributed by atoms with Gasteiger partial charge in [0.1, 0.15) is 0 Å². The van der Waals surface area contributed by atoms with Crippen LogP contribution in [0.2, 0.25) is 5.02 Å². The zero-order chi connectivity index (χ0) is 15.1. The Kier molecular flexibility index (Phi) is 5.79. The number of hydrogen-bond donors (Lipinski definition) is 2. The largest absolute Gasteiger partial charge is 0.467 e. The maximum absolute atomic E-state index is 11.7. The highest BCUT2D eigenvalue weighted by molar-refractivity contribution is 6.30. The minimum Gasteiger partial charge on any atom is -0.467 e. The van der Waals surface area contributed by atoms with Crippen molar-refractivity contribution < 1.29 is 23.9 Å². The summed E-state index contributed by atoms with van der Waals surface area (Å²) in [6.07, 6.45) is 0. The quantitative estimate of drug-likeness (QED) is 0.643. The highest BCUT2D eigenvalue weighted by Gasteiger charge is 2.30. The number of halogens is 1. The van der Waals surface area contributed by atoms with E-state index in [0.717, 1.165) is 14.2 Å². The summed E-state index contributed by atoms with van der Waals surface area (Å²) in [5.74, 6) is -1.86. The lowest BCUT2D eigenvalue weighted by Gasteiger charge is -2.14. The predicted octanol–water partition coefficient (Wildman–Crippen LogP) is 1.18. The zero-order valence-corrected chi connectivity index (χ0v) is 11.6. The maximum atomic E-state index is 11.7. The lowest BCUT2D eigenvalue weighted by atomic mass is 10.3. The van der Waals surface area contributed by atoms with Crippen LogP contribution >= 0.6 is 11.6 Å². The standard InChI is InChI=1S/C12H13ClN2O5/c1-19-10(16)9(11(17)20-2)15-12(18)14-8-5-3-7(13)4-6-8/h3-6,9H,1-2H3,(H2,14,15,18). The van der Waals surface area contributed by atoms with E-state index in [4.69, 9.17) is 11.6 Å². The van der Waals surface area contributed by atoms with E-state index in [0.29, 0.717) is 10.7 Å². The van der Waals surface area contributed by atoms with Gasteiger partial charge in [0.15, 0.2) is 0 Å². The third kappa shape index (κ3) is 4.43. The van der Waals surface area contributed by atoms with Crippen molar-refractivity contribution in [3.05, 3.63) is 29.3 Å². The van der Waals surface area contributed by atoms with Gasteiger partial charge in [0, 0.05) is 10.7 Å². The van der Waals surface area contributed by atoms with Crippen LogP contribution in [0, 0.1) is 0 Å². The summed E-state index contributed by atoms with van der Waals surface area (Å²) in [5.41, 5.74) is 0.445. The molecule has 0 aliphatic carbocycles. The van der Waals surface area contributed by atoms with E-state index in [1.165, 1.54) is 0 Å². The topological polar surface area (TPSA) is 93.7 Å². The molecular weight excluding hydrogens is 288 g/mol. The fourth-order valence-electron chi connectivity index (χ4n) is 1.28. The molecule has 20 heavy (non-hydrogen) atoms. The second-order valence-electron chi connectivity index (χ2n) is 3.58. The average molecular weight is 301 g/mol. The Balaban J connectivity index is 2.68.